The molecule has 172 valence electrons. The largest absolute Gasteiger partial charge is 0.355 e. The molecule has 0 bridgehead atoms. The first-order valence-corrected chi connectivity index (χ1v) is 11.8. The van der Waals surface area contributed by atoms with E-state index in [-0.39, 0.29) is 24.8 Å². The molecule has 1 N–H and O–H groups in total. The Labute approximate surface area is 209 Å². The van der Waals surface area contributed by atoms with Gasteiger partial charge in [-0.05, 0) is 47.9 Å². The van der Waals surface area contributed by atoms with Gasteiger partial charge in [-0.2, -0.15) is 0 Å². The Morgan fingerprint density at radius 3 is 2.15 bits per heavy atom. The van der Waals surface area contributed by atoms with Gasteiger partial charge in [-0.3, -0.25) is 9.59 Å². The van der Waals surface area contributed by atoms with E-state index in [1.165, 1.54) is 0 Å². The van der Waals surface area contributed by atoms with Crippen LogP contribution in [0.2, 0.25) is 15.1 Å². The molecule has 33 heavy (non-hydrogen) atoms. The van der Waals surface area contributed by atoms with E-state index in [2.05, 4.69) is 5.32 Å². The third-order valence-electron chi connectivity index (χ3n) is 5.23. The van der Waals surface area contributed by atoms with E-state index in [1.807, 2.05) is 49.4 Å². The molecule has 7 heteroatoms. The van der Waals surface area contributed by atoms with Crippen molar-refractivity contribution in [1.82, 2.24) is 10.2 Å². The van der Waals surface area contributed by atoms with Crippen molar-refractivity contribution < 1.29 is 9.59 Å². The number of carbonyl (C=O) groups excluding carboxylic acids is 2. The Kier molecular flexibility index (Phi) is 9.19. The second-order valence-corrected chi connectivity index (χ2v) is 8.92. The highest BCUT2D eigenvalue weighted by Gasteiger charge is 2.30. The molecule has 0 spiro atoms. The molecule has 4 nitrogen and oxygen atoms in total. The number of amides is 2. The number of nitrogens with zero attached hydrogens (tertiary/aromatic N) is 1. The molecule has 3 aromatic carbocycles. The SMILES string of the molecule is CCNC(=O)[C@@H](Cc1ccccc1)N(Cc1ccc(Cl)cc1)C(=O)Cc1ccc(Cl)c(Cl)c1. The molecule has 0 saturated carbocycles. The molecular formula is C26H25Cl3N2O2. The number of nitrogens with one attached hydrogen (secondary N) is 1. The minimum absolute atomic E-state index is 0.0924. The molecule has 0 radical (unpaired) electrons. The van der Waals surface area contributed by atoms with Crippen LogP contribution in [0.15, 0.2) is 72.8 Å². The number of benzene rings is 3. The highest BCUT2D eigenvalue weighted by Crippen LogP contribution is 2.24. The fourth-order valence-corrected chi connectivity index (χ4v) is 4.00. The van der Waals surface area contributed by atoms with Gasteiger partial charge in [0.05, 0.1) is 16.5 Å². The van der Waals surface area contributed by atoms with Crippen molar-refractivity contribution in [3.8, 4) is 0 Å². The predicted molar refractivity (Wildman–Crippen MR) is 135 cm³/mol. The van der Waals surface area contributed by atoms with E-state index in [9.17, 15) is 9.59 Å². The Morgan fingerprint density at radius 2 is 1.52 bits per heavy atom. The van der Waals surface area contributed by atoms with E-state index in [0.717, 1.165) is 16.7 Å². The maximum Gasteiger partial charge on any atom is 0.243 e. The van der Waals surface area contributed by atoms with Crippen LogP contribution in [0.5, 0.6) is 0 Å². The lowest BCUT2D eigenvalue weighted by atomic mass is 10.0. The maximum absolute atomic E-state index is 13.6. The van der Waals surface area contributed by atoms with E-state index in [0.29, 0.717) is 28.0 Å². The zero-order valence-electron chi connectivity index (χ0n) is 18.2. The highest BCUT2D eigenvalue weighted by molar-refractivity contribution is 6.42. The summed E-state index contributed by atoms with van der Waals surface area (Å²) < 4.78 is 0. The molecule has 0 aliphatic heterocycles. The maximum atomic E-state index is 13.6. The Hall–Kier alpha value is -2.53. The van der Waals surface area contributed by atoms with Crippen LogP contribution in [0.4, 0.5) is 0 Å². The third kappa shape index (κ3) is 7.23. The van der Waals surface area contributed by atoms with Crippen LogP contribution in [0.1, 0.15) is 23.6 Å². The van der Waals surface area contributed by atoms with E-state index < -0.39 is 6.04 Å². The molecule has 0 heterocycles. The molecule has 0 unspecified atom stereocenters. The molecule has 0 saturated heterocycles. The number of hydrogen-bond acceptors (Lipinski definition) is 2. The van der Waals surface area contributed by atoms with Crippen LogP contribution >= 0.6 is 34.8 Å². The molecule has 2 amide bonds. The van der Waals surface area contributed by atoms with Crippen LogP contribution in [-0.4, -0.2) is 29.3 Å². The normalized spacial score (nSPS) is 11.6. The van der Waals surface area contributed by atoms with Crippen LogP contribution in [-0.2, 0) is 29.0 Å². The molecule has 3 rings (SSSR count). The van der Waals surface area contributed by atoms with Gasteiger partial charge in [0, 0.05) is 24.5 Å². The van der Waals surface area contributed by atoms with Gasteiger partial charge in [0.1, 0.15) is 6.04 Å². The summed E-state index contributed by atoms with van der Waals surface area (Å²) in [5.74, 6) is -0.381. The Bertz CT molecular complexity index is 1090. The van der Waals surface area contributed by atoms with E-state index >= 15 is 0 Å². The lowest BCUT2D eigenvalue weighted by Gasteiger charge is -2.31. The molecule has 0 aliphatic carbocycles. The van der Waals surface area contributed by atoms with Gasteiger partial charge < -0.3 is 10.2 Å². The number of hydrogen-bond donors (Lipinski definition) is 1. The van der Waals surface area contributed by atoms with Gasteiger partial charge in [0.2, 0.25) is 11.8 Å². The average Bonchev–Trinajstić information content (AvgIpc) is 2.80. The molecule has 3 aromatic rings. The number of rotatable bonds is 9. The number of likely N-dealkylation sites (N-methyl/N-ethyl adjacent to an activating group) is 1. The summed E-state index contributed by atoms with van der Waals surface area (Å²) >= 11 is 18.2. The number of carbonyl (C=O) groups is 2. The monoisotopic (exact) mass is 502 g/mol. The van der Waals surface area contributed by atoms with Crippen LogP contribution in [0, 0.1) is 0 Å². The van der Waals surface area contributed by atoms with Gasteiger partial charge in [0.15, 0.2) is 0 Å². The Balaban J connectivity index is 1.95. The van der Waals surface area contributed by atoms with Crippen LogP contribution < -0.4 is 5.32 Å². The fourth-order valence-electron chi connectivity index (χ4n) is 3.56. The lowest BCUT2D eigenvalue weighted by Crippen LogP contribution is -2.50. The summed E-state index contributed by atoms with van der Waals surface area (Å²) in [6.07, 6.45) is 0.489. The minimum Gasteiger partial charge on any atom is -0.355 e. The predicted octanol–water partition coefficient (Wildman–Crippen LogP) is 5.97. The molecule has 0 aliphatic rings. The zero-order chi connectivity index (χ0) is 23.8. The van der Waals surface area contributed by atoms with E-state index in [4.69, 9.17) is 34.8 Å². The van der Waals surface area contributed by atoms with Crippen molar-refractivity contribution in [2.24, 2.45) is 0 Å². The molecule has 0 fully saturated rings. The fraction of sp³-hybridized carbons (Fsp3) is 0.231. The van der Waals surface area contributed by atoms with Crippen molar-refractivity contribution in [1.29, 1.82) is 0 Å². The van der Waals surface area contributed by atoms with Crippen molar-refractivity contribution in [2.75, 3.05) is 6.54 Å². The lowest BCUT2D eigenvalue weighted by molar-refractivity contribution is -0.140. The summed E-state index contributed by atoms with van der Waals surface area (Å²) in [6.45, 7) is 2.60. The topological polar surface area (TPSA) is 49.4 Å². The van der Waals surface area contributed by atoms with Crippen LogP contribution in [0.3, 0.4) is 0 Å². The smallest absolute Gasteiger partial charge is 0.243 e. The quantitative estimate of drug-likeness (QED) is 0.391. The minimum atomic E-state index is -0.682. The van der Waals surface area contributed by atoms with Crippen molar-refractivity contribution in [3.63, 3.8) is 0 Å². The van der Waals surface area contributed by atoms with Gasteiger partial charge in [0.25, 0.3) is 0 Å². The van der Waals surface area contributed by atoms with Gasteiger partial charge in [-0.1, -0.05) is 83.3 Å². The van der Waals surface area contributed by atoms with Crippen molar-refractivity contribution >= 4 is 46.6 Å². The highest BCUT2D eigenvalue weighted by atomic mass is 35.5. The first-order chi connectivity index (χ1) is 15.9. The van der Waals surface area contributed by atoms with Gasteiger partial charge in [-0.15, -0.1) is 0 Å². The number of halogens is 3. The zero-order valence-corrected chi connectivity index (χ0v) is 20.5. The van der Waals surface area contributed by atoms with Crippen molar-refractivity contribution in [2.45, 2.75) is 32.4 Å². The second kappa shape index (κ2) is 12.1. The summed E-state index contributed by atoms with van der Waals surface area (Å²) in [5, 5.41) is 4.30. The average molecular weight is 504 g/mol. The van der Waals surface area contributed by atoms with E-state index in [1.54, 1.807) is 35.2 Å². The van der Waals surface area contributed by atoms with Gasteiger partial charge in [-0.25, -0.2) is 0 Å². The van der Waals surface area contributed by atoms with Crippen LogP contribution in [0.25, 0.3) is 0 Å². The molecule has 1 atom stereocenters. The summed E-state index contributed by atoms with van der Waals surface area (Å²) in [5.41, 5.74) is 2.58. The molecule has 0 aromatic heterocycles. The Morgan fingerprint density at radius 1 is 0.848 bits per heavy atom. The first-order valence-electron chi connectivity index (χ1n) is 10.7. The third-order valence-corrected chi connectivity index (χ3v) is 6.22. The first kappa shape index (κ1) is 25.1. The van der Waals surface area contributed by atoms with Crippen molar-refractivity contribution in [3.05, 3.63) is 105 Å². The second-order valence-electron chi connectivity index (χ2n) is 7.67. The summed E-state index contributed by atoms with van der Waals surface area (Å²) in [4.78, 5) is 28.3. The summed E-state index contributed by atoms with van der Waals surface area (Å²) in [7, 11) is 0. The standard InChI is InChI=1S/C26H25Cl3N2O2/c1-2-30-26(33)24(15-18-6-4-3-5-7-18)31(17-19-8-11-21(27)12-9-19)25(32)16-20-10-13-22(28)23(29)14-20/h3-14,24H,2,15-17H2,1H3,(H,30,33)/t24-/m1/s1. The van der Waals surface area contributed by atoms with Gasteiger partial charge >= 0.3 is 0 Å². The molecular weight excluding hydrogens is 479 g/mol. The summed E-state index contributed by atoms with van der Waals surface area (Å²) in [6, 6.07) is 21.4.